The first kappa shape index (κ1) is 13.1. The molecule has 2 aromatic rings. The molecule has 0 amide bonds. The first-order chi connectivity index (χ1) is 9.08. The highest BCUT2D eigenvalue weighted by Gasteiger charge is 2.21. The molecule has 0 heterocycles. The molecule has 0 unspecified atom stereocenters. The van der Waals surface area contributed by atoms with E-state index >= 15 is 0 Å². The molecule has 0 bridgehead atoms. The molecule has 0 nitrogen and oxygen atoms in total. The number of hydrogen-bond donors (Lipinski definition) is 0. The summed E-state index contributed by atoms with van der Waals surface area (Å²) in [5.41, 5.74) is 7.26. The molecule has 0 saturated carbocycles. The number of fused-ring (bicyclic) bond motifs is 1. The zero-order valence-electron chi connectivity index (χ0n) is 11.2. The van der Waals surface area contributed by atoms with Crippen LogP contribution in [0.1, 0.15) is 28.7 Å². The fourth-order valence-corrected chi connectivity index (χ4v) is 4.17. The maximum absolute atomic E-state index is 13.9. The molecule has 0 atom stereocenters. The monoisotopic (exact) mass is 366 g/mol. The topological polar surface area (TPSA) is 0 Å². The molecule has 2 aromatic carbocycles. The quantitative estimate of drug-likeness (QED) is 0.609. The average Bonchev–Trinajstić information content (AvgIpc) is 2.80. The van der Waals surface area contributed by atoms with Crippen molar-refractivity contribution < 1.29 is 4.39 Å². The van der Waals surface area contributed by atoms with E-state index in [1.807, 2.05) is 6.07 Å². The van der Waals surface area contributed by atoms with Gasteiger partial charge in [-0.05, 0) is 107 Å². The third kappa shape index (κ3) is 2.20. The van der Waals surface area contributed by atoms with Crippen LogP contribution in [0.25, 0.3) is 11.1 Å². The zero-order valence-corrected chi connectivity index (χ0v) is 13.3. The third-order valence-electron chi connectivity index (χ3n) is 3.99. The molecule has 1 aliphatic carbocycles. The minimum atomic E-state index is -0.0305. The lowest BCUT2D eigenvalue weighted by Crippen LogP contribution is -1.97. The second-order valence-corrected chi connectivity index (χ2v) is 6.57. The highest BCUT2D eigenvalue weighted by Crippen LogP contribution is 2.37. The van der Waals surface area contributed by atoms with E-state index in [1.165, 1.54) is 31.4 Å². The van der Waals surface area contributed by atoms with Crippen molar-refractivity contribution in [2.45, 2.75) is 33.1 Å². The first-order valence-electron chi connectivity index (χ1n) is 6.65. The second kappa shape index (κ2) is 4.89. The van der Waals surface area contributed by atoms with Crippen LogP contribution in [0.3, 0.4) is 0 Å². The molecule has 98 valence electrons. The third-order valence-corrected chi connectivity index (χ3v) is 4.62. The molecule has 1 aliphatic rings. The van der Waals surface area contributed by atoms with Crippen LogP contribution in [0.4, 0.5) is 4.39 Å². The molecular formula is C17H16FI. The van der Waals surface area contributed by atoms with Crippen molar-refractivity contribution in [3.05, 3.63) is 55.9 Å². The second-order valence-electron chi connectivity index (χ2n) is 5.32. The predicted molar refractivity (Wildman–Crippen MR) is 86.1 cm³/mol. The molecule has 0 aliphatic heterocycles. The van der Waals surface area contributed by atoms with Crippen LogP contribution in [0.15, 0.2) is 24.3 Å². The predicted octanol–water partition coefficient (Wildman–Crippen LogP) is 5.20. The summed E-state index contributed by atoms with van der Waals surface area (Å²) >= 11 is 2.35. The van der Waals surface area contributed by atoms with Crippen molar-refractivity contribution in [1.29, 1.82) is 0 Å². The van der Waals surface area contributed by atoms with Crippen LogP contribution < -0.4 is 0 Å². The average molecular weight is 366 g/mol. The van der Waals surface area contributed by atoms with Gasteiger partial charge in [0.1, 0.15) is 5.82 Å². The van der Waals surface area contributed by atoms with Crippen molar-refractivity contribution in [3.63, 3.8) is 0 Å². The number of rotatable bonds is 1. The Bertz CT molecular complexity index is 636. The molecular weight excluding hydrogens is 350 g/mol. The number of hydrogen-bond acceptors (Lipinski definition) is 0. The smallest absolute Gasteiger partial charge is 0.126 e. The highest BCUT2D eigenvalue weighted by molar-refractivity contribution is 14.1. The summed E-state index contributed by atoms with van der Waals surface area (Å²) in [6.07, 6.45) is 2.97. The van der Waals surface area contributed by atoms with E-state index in [4.69, 9.17) is 0 Å². The van der Waals surface area contributed by atoms with E-state index in [1.54, 1.807) is 6.07 Å². The van der Waals surface area contributed by atoms with Crippen LogP contribution in [-0.4, -0.2) is 0 Å². The lowest BCUT2D eigenvalue weighted by Gasteiger charge is -2.15. The summed E-state index contributed by atoms with van der Waals surface area (Å²) in [7, 11) is 0. The van der Waals surface area contributed by atoms with Gasteiger partial charge >= 0.3 is 0 Å². The summed E-state index contributed by atoms with van der Waals surface area (Å²) in [6, 6.07) is 8.00. The van der Waals surface area contributed by atoms with Crippen LogP contribution in [0.2, 0.25) is 0 Å². The van der Waals surface area contributed by atoms with Gasteiger partial charge in [0.05, 0.1) is 0 Å². The van der Waals surface area contributed by atoms with E-state index in [-0.39, 0.29) is 5.82 Å². The standard InChI is InChI=1S/C17H16FI/c1-10-8-12(19)9-11(2)17(10)15-6-7-16(18)14-5-3-4-13(14)15/h6-9H,3-5H2,1-2H3. The van der Waals surface area contributed by atoms with Gasteiger partial charge in [-0.2, -0.15) is 0 Å². The van der Waals surface area contributed by atoms with Crippen molar-refractivity contribution in [2.75, 3.05) is 0 Å². The van der Waals surface area contributed by atoms with Crippen LogP contribution >= 0.6 is 22.6 Å². The van der Waals surface area contributed by atoms with Crippen LogP contribution in [0.5, 0.6) is 0 Å². The van der Waals surface area contributed by atoms with E-state index < -0.39 is 0 Å². The summed E-state index contributed by atoms with van der Waals surface area (Å²) in [4.78, 5) is 0. The van der Waals surface area contributed by atoms with Gasteiger partial charge in [0.15, 0.2) is 0 Å². The van der Waals surface area contributed by atoms with Gasteiger partial charge in [-0.3, -0.25) is 0 Å². The van der Waals surface area contributed by atoms with Gasteiger partial charge < -0.3 is 0 Å². The van der Waals surface area contributed by atoms with E-state index in [2.05, 4.69) is 48.6 Å². The minimum Gasteiger partial charge on any atom is -0.207 e. The van der Waals surface area contributed by atoms with Crippen LogP contribution in [-0.2, 0) is 12.8 Å². The maximum atomic E-state index is 13.9. The molecule has 19 heavy (non-hydrogen) atoms. The SMILES string of the molecule is Cc1cc(I)cc(C)c1-c1ccc(F)c2c1CCC2. The summed E-state index contributed by atoms with van der Waals surface area (Å²) < 4.78 is 15.1. The van der Waals surface area contributed by atoms with Gasteiger partial charge in [0.25, 0.3) is 0 Å². The van der Waals surface area contributed by atoms with E-state index in [0.29, 0.717) is 0 Å². The van der Waals surface area contributed by atoms with Gasteiger partial charge in [0, 0.05) is 3.57 Å². The Kier molecular flexibility index (Phi) is 3.37. The zero-order chi connectivity index (χ0) is 13.6. The van der Waals surface area contributed by atoms with Crippen molar-refractivity contribution in [1.82, 2.24) is 0 Å². The Hall–Kier alpha value is -0.900. The number of benzene rings is 2. The fraction of sp³-hybridized carbons (Fsp3) is 0.294. The Balaban J connectivity index is 2.27. The summed E-state index contributed by atoms with van der Waals surface area (Å²) in [5, 5.41) is 0. The Morgan fingerprint density at radius 2 is 1.63 bits per heavy atom. The van der Waals surface area contributed by atoms with Gasteiger partial charge in [0.2, 0.25) is 0 Å². The van der Waals surface area contributed by atoms with Crippen molar-refractivity contribution in [2.24, 2.45) is 0 Å². The molecule has 0 N–H and O–H groups in total. The molecule has 3 rings (SSSR count). The van der Waals surface area contributed by atoms with Crippen LogP contribution in [0, 0.1) is 23.2 Å². The van der Waals surface area contributed by atoms with Gasteiger partial charge in [-0.25, -0.2) is 4.39 Å². The van der Waals surface area contributed by atoms with Crippen molar-refractivity contribution in [3.8, 4) is 11.1 Å². The maximum Gasteiger partial charge on any atom is 0.126 e. The number of aryl methyl sites for hydroxylation is 2. The molecule has 0 fully saturated rings. The molecule has 0 aromatic heterocycles. The normalized spacial score (nSPS) is 13.7. The molecule has 0 saturated heterocycles. The lowest BCUT2D eigenvalue weighted by molar-refractivity contribution is 0.613. The molecule has 0 radical (unpaired) electrons. The molecule has 2 heteroatoms. The summed E-state index contributed by atoms with van der Waals surface area (Å²) in [5.74, 6) is -0.0305. The fourth-order valence-electron chi connectivity index (χ4n) is 3.23. The Morgan fingerprint density at radius 3 is 2.32 bits per heavy atom. The summed E-state index contributed by atoms with van der Waals surface area (Å²) in [6.45, 7) is 4.30. The Labute approximate surface area is 127 Å². The Morgan fingerprint density at radius 1 is 1.00 bits per heavy atom. The highest BCUT2D eigenvalue weighted by atomic mass is 127. The van der Waals surface area contributed by atoms with Gasteiger partial charge in [-0.15, -0.1) is 0 Å². The number of halogens is 2. The van der Waals surface area contributed by atoms with Gasteiger partial charge in [-0.1, -0.05) is 6.07 Å². The van der Waals surface area contributed by atoms with E-state index in [0.717, 1.165) is 24.8 Å². The van der Waals surface area contributed by atoms with E-state index in [9.17, 15) is 4.39 Å². The van der Waals surface area contributed by atoms with Crippen molar-refractivity contribution >= 4 is 22.6 Å². The minimum absolute atomic E-state index is 0.0305. The molecule has 0 spiro atoms. The largest absolute Gasteiger partial charge is 0.207 e. The first-order valence-corrected chi connectivity index (χ1v) is 7.73. The lowest BCUT2D eigenvalue weighted by atomic mass is 9.90.